The van der Waals surface area contributed by atoms with Crippen LogP contribution >= 0.6 is 11.6 Å². The van der Waals surface area contributed by atoms with Crippen molar-refractivity contribution in [2.75, 3.05) is 13.7 Å². The molecule has 0 aliphatic rings. The Morgan fingerprint density at radius 1 is 1.19 bits per heavy atom. The lowest BCUT2D eigenvalue weighted by Crippen LogP contribution is -2.23. The van der Waals surface area contributed by atoms with Gasteiger partial charge in [-0.2, -0.15) is 0 Å². The number of benzene rings is 2. The smallest absolute Gasteiger partial charge is 0.123 e. The SMILES string of the molecule is CCCNC(c1ccc(F)cc1)c1ccc(OC)cc1Cl. The van der Waals surface area contributed by atoms with E-state index in [1.807, 2.05) is 12.1 Å². The molecule has 2 aromatic carbocycles. The minimum Gasteiger partial charge on any atom is -0.497 e. The highest BCUT2D eigenvalue weighted by atomic mass is 35.5. The van der Waals surface area contributed by atoms with Crippen molar-refractivity contribution in [3.8, 4) is 5.75 Å². The zero-order chi connectivity index (χ0) is 15.2. The Balaban J connectivity index is 2.37. The minimum atomic E-state index is -0.242. The molecule has 0 saturated heterocycles. The van der Waals surface area contributed by atoms with Crippen LogP contribution in [0.15, 0.2) is 42.5 Å². The zero-order valence-electron chi connectivity index (χ0n) is 12.2. The molecule has 4 heteroatoms. The van der Waals surface area contributed by atoms with E-state index in [0.29, 0.717) is 5.02 Å². The summed E-state index contributed by atoms with van der Waals surface area (Å²) in [6.07, 6.45) is 1.01. The Hall–Kier alpha value is -1.58. The van der Waals surface area contributed by atoms with Gasteiger partial charge < -0.3 is 10.1 Å². The molecule has 0 aromatic heterocycles. The fraction of sp³-hybridized carbons (Fsp3) is 0.294. The van der Waals surface area contributed by atoms with Gasteiger partial charge in [0, 0.05) is 5.02 Å². The predicted octanol–water partition coefficient (Wildman–Crippen LogP) is 4.58. The van der Waals surface area contributed by atoms with Gasteiger partial charge in [-0.1, -0.05) is 36.7 Å². The van der Waals surface area contributed by atoms with Gasteiger partial charge >= 0.3 is 0 Å². The number of halogens is 2. The van der Waals surface area contributed by atoms with E-state index in [4.69, 9.17) is 16.3 Å². The summed E-state index contributed by atoms with van der Waals surface area (Å²) in [4.78, 5) is 0. The average molecular weight is 308 g/mol. The number of methoxy groups -OCH3 is 1. The van der Waals surface area contributed by atoms with Crippen molar-refractivity contribution >= 4 is 11.6 Å². The van der Waals surface area contributed by atoms with Gasteiger partial charge in [-0.3, -0.25) is 0 Å². The fourth-order valence-electron chi connectivity index (χ4n) is 2.22. The second-order valence-electron chi connectivity index (χ2n) is 4.83. The minimum absolute atomic E-state index is 0.0658. The van der Waals surface area contributed by atoms with Crippen LogP contribution in [0.2, 0.25) is 5.02 Å². The van der Waals surface area contributed by atoms with E-state index in [-0.39, 0.29) is 11.9 Å². The van der Waals surface area contributed by atoms with Crippen molar-refractivity contribution in [1.82, 2.24) is 5.32 Å². The monoisotopic (exact) mass is 307 g/mol. The normalized spacial score (nSPS) is 12.2. The Morgan fingerprint density at radius 3 is 2.48 bits per heavy atom. The van der Waals surface area contributed by atoms with Gasteiger partial charge in [0.15, 0.2) is 0 Å². The fourth-order valence-corrected chi connectivity index (χ4v) is 2.50. The van der Waals surface area contributed by atoms with Crippen molar-refractivity contribution in [2.24, 2.45) is 0 Å². The lowest BCUT2D eigenvalue weighted by molar-refractivity contribution is 0.414. The molecule has 0 saturated carbocycles. The van der Waals surface area contributed by atoms with Crippen LogP contribution in [0, 0.1) is 5.82 Å². The van der Waals surface area contributed by atoms with Gasteiger partial charge in [-0.25, -0.2) is 4.39 Å². The van der Waals surface area contributed by atoms with Crippen molar-refractivity contribution in [1.29, 1.82) is 0 Å². The van der Waals surface area contributed by atoms with E-state index in [9.17, 15) is 4.39 Å². The van der Waals surface area contributed by atoms with Crippen LogP contribution in [0.25, 0.3) is 0 Å². The summed E-state index contributed by atoms with van der Waals surface area (Å²) in [7, 11) is 1.61. The van der Waals surface area contributed by atoms with Crippen LogP contribution in [-0.4, -0.2) is 13.7 Å². The first kappa shape index (κ1) is 15.8. The van der Waals surface area contributed by atoms with Crippen molar-refractivity contribution in [2.45, 2.75) is 19.4 Å². The van der Waals surface area contributed by atoms with Crippen LogP contribution in [0.3, 0.4) is 0 Å². The van der Waals surface area contributed by atoms with Crippen molar-refractivity contribution in [3.05, 3.63) is 64.4 Å². The zero-order valence-corrected chi connectivity index (χ0v) is 13.0. The summed E-state index contributed by atoms with van der Waals surface area (Å²) in [5.74, 6) is 0.478. The summed E-state index contributed by atoms with van der Waals surface area (Å²) in [6.45, 7) is 2.95. The van der Waals surface area contributed by atoms with Gasteiger partial charge in [0.05, 0.1) is 13.2 Å². The standard InChI is InChI=1S/C17H19ClFNO/c1-3-10-20-17(12-4-6-13(19)7-5-12)15-9-8-14(21-2)11-16(15)18/h4-9,11,17,20H,3,10H2,1-2H3. The van der Waals surface area contributed by atoms with Gasteiger partial charge in [-0.05, 0) is 48.4 Å². The van der Waals surface area contributed by atoms with E-state index in [0.717, 1.165) is 29.8 Å². The molecule has 0 bridgehead atoms. The number of rotatable bonds is 6. The maximum Gasteiger partial charge on any atom is 0.123 e. The average Bonchev–Trinajstić information content (AvgIpc) is 2.50. The Kier molecular flexibility index (Phi) is 5.59. The third-order valence-corrected chi connectivity index (χ3v) is 3.65. The summed E-state index contributed by atoms with van der Waals surface area (Å²) in [5, 5.41) is 4.08. The predicted molar refractivity (Wildman–Crippen MR) is 84.5 cm³/mol. The molecule has 0 heterocycles. The molecule has 2 rings (SSSR count). The summed E-state index contributed by atoms with van der Waals surface area (Å²) < 4.78 is 18.3. The van der Waals surface area contributed by atoms with E-state index < -0.39 is 0 Å². The van der Waals surface area contributed by atoms with Gasteiger partial charge in [0.2, 0.25) is 0 Å². The lowest BCUT2D eigenvalue weighted by atomic mass is 9.98. The third-order valence-electron chi connectivity index (χ3n) is 3.32. The highest BCUT2D eigenvalue weighted by Crippen LogP contribution is 2.31. The Bertz CT molecular complexity index is 586. The second-order valence-corrected chi connectivity index (χ2v) is 5.23. The largest absolute Gasteiger partial charge is 0.497 e. The van der Waals surface area contributed by atoms with Crippen LogP contribution in [-0.2, 0) is 0 Å². The van der Waals surface area contributed by atoms with Gasteiger partial charge in [0.25, 0.3) is 0 Å². The molecule has 2 aromatic rings. The van der Waals surface area contributed by atoms with Crippen LogP contribution < -0.4 is 10.1 Å². The van der Waals surface area contributed by atoms with E-state index >= 15 is 0 Å². The first-order valence-corrected chi connectivity index (χ1v) is 7.35. The quantitative estimate of drug-likeness (QED) is 0.843. The molecule has 0 aliphatic carbocycles. The van der Waals surface area contributed by atoms with Gasteiger partial charge in [-0.15, -0.1) is 0 Å². The number of ether oxygens (including phenoxy) is 1. The molecule has 0 spiro atoms. The first-order chi connectivity index (χ1) is 10.2. The number of nitrogens with one attached hydrogen (secondary N) is 1. The molecule has 0 radical (unpaired) electrons. The summed E-state index contributed by atoms with van der Waals surface area (Å²) in [6, 6.07) is 12.0. The second kappa shape index (κ2) is 7.43. The van der Waals surface area contributed by atoms with E-state index in [1.54, 1.807) is 25.3 Å². The molecule has 0 amide bonds. The topological polar surface area (TPSA) is 21.3 Å². The summed E-state index contributed by atoms with van der Waals surface area (Å²) in [5.41, 5.74) is 1.94. The first-order valence-electron chi connectivity index (χ1n) is 6.98. The number of hydrogen-bond acceptors (Lipinski definition) is 2. The van der Waals surface area contributed by atoms with E-state index in [2.05, 4.69) is 12.2 Å². The van der Waals surface area contributed by atoms with E-state index in [1.165, 1.54) is 12.1 Å². The maximum atomic E-state index is 13.1. The lowest BCUT2D eigenvalue weighted by Gasteiger charge is -2.21. The molecular formula is C17H19ClFNO. The molecular weight excluding hydrogens is 289 g/mol. The van der Waals surface area contributed by atoms with Crippen LogP contribution in [0.5, 0.6) is 5.75 Å². The molecule has 1 atom stereocenters. The van der Waals surface area contributed by atoms with Crippen molar-refractivity contribution < 1.29 is 9.13 Å². The Labute approximate surface area is 129 Å². The molecule has 0 aliphatic heterocycles. The van der Waals surface area contributed by atoms with Crippen molar-refractivity contribution in [3.63, 3.8) is 0 Å². The Morgan fingerprint density at radius 2 is 1.90 bits per heavy atom. The maximum absolute atomic E-state index is 13.1. The molecule has 21 heavy (non-hydrogen) atoms. The van der Waals surface area contributed by atoms with Gasteiger partial charge in [0.1, 0.15) is 11.6 Å². The third kappa shape index (κ3) is 3.96. The highest BCUT2D eigenvalue weighted by Gasteiger charge is 2.17. The highest BCUT2D eigenvalue weighted by molar-refractivity contribution is 6.31. The number of hydrogen-bond donors (Lipinski definition) is 1. The summed E-state index contributed by atoms with van der Waals surface area (Å²) >= 11 is 6.37. The molecule has 0 fully saturated rings. The van der Waals surface area contributed by atoms with Crippen LogP contribution in [0.4, 0.5) is 4.39 Å². The van der Waals surface area contributed by atoms with Crippen LogP contribution in [0.1, 0.15) is 30.5 Å². The molecule has 2 nitrogen and oxygen atoms in total. The molecule has 112 valence electrons. The molecule has 1 N–H and O–H groups in total. The molecule has 1 unspecified atom stereocenters.